The number of carbonyl (C=O) groups is 2. The number of fused-ring (bicyclic) bond motifs is 1. The second-order valence-electron chi connectivity index (χ2n) is 5.40. The van der Waals surface area contributed by atoms with Crippen LogP contribution in [0.1, 0.15) is 50.8 Å². The molecule has 0 spiro atoms. The molecule has 2 aromatic rings. The molecule has 124 valence electrons. The molecule has 0 atom stereocenters. The zero-order valence-corrected chi connectivity index (χ0v) is 13.1. The molecule has 3 rings (SSSR count). The molecule has 0 aromatic carbocycles. The lowest BCUT2D eigenvalue weighted by molar-refractivity contribution is 0.0921. The van der Waals surface area contributed by atoms with Gasteiger partial charge in [0, 0.05) is 23.7 Å². The third kappa shape index (κ3) is 2.91. The van der Waals surface area contributed by atoms with Crippen LogP contribution in [0.2, 0.25) is 0 Å². The summed E-state index contributed by atoms with van der Waals surface area (Å²) in [6.07, 6.45) is 3.75. The molecule has 1 aliphatic rings. The highest BCUT2D eigenvalue weighted by molar-refractivity contribution is 6.07. The van der Waals surface area contributed by atoms with Crippen LogP contribution in [0.5, 0.6) is 0 Å². The van der Waals surface area contributed by atoms with Gasteiger partial charge in [-0.05, 0) is 31.9 Å². The summed E-state index contributed by atoms with van der Waals surface area (Å²) >= 11 is 0. The van der Waals surface area contributed by atoms with Gasteiger partial charge in [-0.2, -0.15) is 5.10 Å². The Labute approximate surface area is 138 Å². The molecule has 1 aliphatic carbocycles. The third-order valence-corrected chi connectivity index (χ3v) is 3.85. The number of pyridine rings is 1. The Morgan fingerprint density at radius 2 is 2.12 bits per heavy atom. The van der Waals surface area contributed by atoms with Crippen molar-refractivity contribution in [2.24, 2.45) is 10.9 Å². The van der Waals surface area contributed by atoms with Crippen molar-refractivity contribution >= 4 is 17.5 Å². The van der Waals surface area contributed by atoms with E-state index in [1.165, 1.54) is 0 Å². The summed E-state index contributed by atoms with van der Waals surface area (Å²) in [5.41, 5.74) is 6.97. The molecule has 8 nitrogen and oxygen atoms in total. The van der Waals surface area contributed by atoms with Crippen LogP contribution in [0.3, 0.4) is 0 Å². The summed E-state index contributed by atoms with van der Waals surface area (Å²) in [6.45, 7) is 1.77. The van der Waals surface area contributed by atoms with Crippen LogP contribution in [0.25, 0.3) is 0 Å². The fourth-order valence-corrected chi connectivity index (χ4v) is 2.73. The molecule has 2 amide bonds. The predicted octanol–water partition coefficient (Wildman–Crippen LogP) is 1.06. The Bertz CT molecular complexity index is 811. The topological polar surface area (TPSA) is 123 Å². The van der Waals surface area contributed by atoms with Crippen LogP contribution in [0.15, 0.2) is 33.9 Å². The van der Waals surface area contributed by atoms with Crippen molar-refractivity contribution in [2.75, 3.05) is 0 Å². The summed E-state index contributed by atoms with van der Waals surface area (Å²) in [5, 5.41) is 4.21. The minimum atomic E-state index is -0.487. The molecule has 0 saturated carbocycles. The molecule has 2 aromatic heterocycles. The monoisotopic (exact) mass is 327 g/mol. The van der Waals surface area contributed by atoms with Crippen molar-refractivity contribution in [3.05, 3.63) is 52.7 Å². The number of hydrogen-bond donors (Lipinski definition) is 3. The predicted molar refractivity (Wildman–Crippen MR) is 86.3 cm³/mol. The zero-order chi connectivity index (χ0) is 17.1. The summed E-state index contributed by atoms with van der Waals surface area (Å²) in [7, 11) is 0. The van der Waals surface area contributed by atoms with E-state index >= 15 is 0 Å². The van der Waals surface area contributed by atoms with Gasteiger partial charge in [-0.3, -0.25) is 20.0 Å². The van der Waals surface area contributed by atoms with Gasteiger partial charge in [-0.15, -0.1) is 0 Å². The maximum Gasteiger partial charge on any atom is 0.301 e. The van der Waals surface area contributed by atoms with Crippen molar-refractivity contribution in [3.63, 3.8) is 0 Å². The number of nitrogens with one attached hydrogen (secondary N) is 2. The Kier molecular flexibility index (Phi) is 4.39. The number of amides is 2. The van der Waals surface area contributed by atoms with Gasteiger partial charge in [-0.1, -0.05) is 6.07 Å². The number of carbonyl (C=O) groups excluding carboxylic acids is 2. The highest BCUT2D eigenvalue weighted by Gasteiger charge is 2.27. The Balaban J connectivity index is 1.88. The van der Waals surface area contributed by atoms with Crippen LogP contribution in [-0.2, 0) is 6.42 Å². The average Bonchev–Trinajstić information content (AvgIpc) is 2.97. The molecule has 0 bridgehead atoms. The fourth-order valence-electron chi connectivity index (χ4n) is 2.73. The normalized spacial score (nSPS) is 15.0. The van der Waals surface area contributed by atoms with Crippen LogP contribution in [0.4, 0.5) is 0 Å². The van der Waals surface area contributed by atoms with Gasteiger partial charge < -0.3 is 4.42 Å². The van der Waals surface area contributed by atoms with Crippen molar-refractivity contribution in [1.29, 1.82) is 0 Å². The first-order chi connectivity index (χ1) is 11.6. The first-order valence-corrected chi connectivity index (χ1v) is 7.53. The number of hydrazine groups is 1. The number of aryl methyl sites for hydroxylation is 1. The minimum absolute atomic E-state index is 0.174. The van der Waals surface area contributed by atoms with E-state index in [0.717, 1.165) is 12.0 Å². The van der Waals surface area contributed by atoms with Gasteiger partial charge in [0.15, 0.2) is 5.76 Å². The van der Waals surface area contributed by atoms with Crippen molar-refractivity contribution in [2.45, 2.75) is 26.2 Å². The number of nitrogens with two attached hydrogens (primary N) is 1. The highest BCUT2D eigenvalue weighted by atomic mass is 16.4. The van der Waals surface area contributed by atoms with Gasteiger partial charge in [0.1, 0.15) is 11.5 Å². The van der Waals surface area contributed by atoms with Crippen molar-refractivity contribution in [3.8, 4) is 0 Å². The molecule has 0 saturated heterocycles. The van der Waals surface area contributed by atoms with Crippen LogP contribution in [-0.4, -0.2) is 22.5 Å². The van der Waals surface area contributed by atoms with Crippen LogP contribution < -0.4 is 16.7 Å². The fraction of sp³-hybridized carbons (Fsp3) is 0.250. The van der Waals surface area contributed by atoms with Crippen molar-refractivity contribution in [1.82, 2.24) is 15.8 Å². The quantitative estimate of drug-likeness (QED) is 0.442. The number of nitrogens with zero attached hydrogens (tertiary/aromatic N) is 2. The number of hydrazone groups is 1. The van der Waals surface area contributed by atoms with E-state index < -0.39 is 11.8 Å². The molecule has 4 N–H and O–H groups in total. The molecule has 0 radical (unpaired) electrons. The van der Waals surface area contributed by atoms with E-state index in [1.807, 2.05) is 0 Å². The highest BCUT2D eigenvalue weighted by Crippen LogP contribution is 2.29. The number of furan rings is 1. The van der Waals surface area contributed by atoms with E-state index in [4.69, 9.17) is 10.3 Å². The first-order valence-electron chi connectivity index (χ1n) is 7.53. The molecular formula is C16H17N5O3. The van der Waals surface area contributed by atoms with E-state index in [9.17, 15) is 9.59 Å². The number of rotatable bonds is 3. The average molecular weight is 327 g/mol. The van der Waals surface area contributed by atoms with Gasteiger partial charge >= 0.3 is 5.91 Å². The summed E-state index contributed by atoms with van der Waals surface area (Å²) in [5.74, 6) is 5.15. The summed E-state index contributed by atoms with van der Waals surface area (Å²) in [4.78, 5) is 27.8. The van der Waals surface area contributed by atoms with E-state index in [-0.39, 0.29) is 11.5 Å². The largest absolute Gasteiger partial charge is 0.455 e. The van der Waals surface area contributed by atoms with Crippen LogP contribution >= 0.6 is 0 Å². The lowest BCUT2D eigenvalue weighted by Crippen LogP contribution is -2.30. The molecule has 24 heavy (non-hydrogen) atoms. The van der Waals surface area contributed by atoms with E-state index in [0.29, 0.717) is 29.9 Å². The second-order valence-corrected chi connectivity index (χ2v) is 5.40. The number of hydrogen-bond acceptors (Lipinski definition) is 6. The smallest absolute Gasteiger partial charge is 0.301 e. The SMILES string of the molecule is Cc1c(C(=O)NN)oc2c1/C(=N/NC(=O)c1ccccn1)CCC2. The molecular weight excluding hydrogens is 310 g/mol. The first kappa shape index (κ1) is 15.9. The number of nitrogen functional groups attached to an aromatic ring is 1. The molecule has 0 aliphatic heterocycles. The maximum atomic E-state index is 12.1. The lowest BCUT2D eigenvalue weighted by atomic mass is 9.93. The molecule has 2 heterocycles. The number of aromatic nitrogens is 1. The van der Waals surface area contributed by atoms with Gasteiger partial charge in [0.05, 0.1) is 5.71 Å². The molecule has 0 unspecified atom stereocenters. The Morgan fingerprint density at radius 3 is 2.83 bits per heavy atom. The van der Waals surface area contributed by atoms with Gasteiger partial charge in [-0.25, -0.2) is 11.3 Å². The van der Waals surface area contributed by atoms with Crippen molar-refractivity contribution < 1.29 is 14.0 Å². The van der Waals surface area contributed by atoms with Gasteiger partial charge in [0.2, 0.25) is 0 Å². The summed E-state index contributed by atoms with van der Waals surface area (Å²) < 4.78 is 5.61. The maximum absolute atomic E-state index is 12.1. The molecule has 0 fully saturated rings. The third-order valence-electron chi connectivity index (χ3n) is 3.85. The second kappa shape index (κ2) is 6.63. The lowest BCUT2D eigenvalue weighted by Gasteiger charge is -2.13. The Morgan fingerprint density at radius 1 is 1.29 bits per heavy atom. The summed E-state index contributed by atoms with van der Waals surface area (Å²) in [6, 6.07) is 5.06. The van der Waals surface area contributed by atoms with E-state index in [1.54, 1.807) is 31.3 Å². The zero-order valence-electron chi connectivity index (χ0n) is 13.1. The van der Waals surface area contributed by atoms with Crippen LogP contribution in [0, 0.1) is 6.92 Å². The molecule has 8 heteroatoms. The minimum Gasteiger partial charge on any atom is -0.455 e. The van der Waals surface area contributed by atoms with E-state index in [2.05, 4.69) is 20.9 Å². The standard InChI is InChI=1S/C16H17N5O3/c1-9-13-10(20-21-15(22)11-5-2-3-8-18-11)6-4-7-12(13)24-14(9)16(23)19-17/h2-3,5,8H,4,6-7,17H2,1H3,(H,19,23)(H,21,22)/b20-10+. The van der Waals surface area contributed by atoms with Gasteiger partial charge in [0.25, 0.3) is 5.91 Å². The Hall–Kier alpha value is -3.00.